The van der Waals surface area contributed by atoms with Crippen LogP contribution in [0, 0.1) is 5.92 Å². The van der Waals surface area contributed by atoms with Gasteiger partial charge in [-0.05, 0) is 30.5 Å². The molecule has 1 aromatic carbocycles. The van der Waals surface area contributed by atoms with Gasteiger partial charge in [-0.2, -0.15) is 0 Å². The summed E-state index contributed by atoms with van der Waals surface area (Å²) in [6.07, 6.45) is -4.77. The molecule has 2 N–H and O–H groups in total. The van der Waals surface area contributed by atoms with E-state index in [-0.39, 0.29) is 17.3 Å². The highest BCUT2D eigenvalue weighted by atomic mass is 19.4. The maximum Gasteiger partial charge on any atom is 0.573 e. The largest absolute Gasteiger partial charge is 0.573 e. The van der Waals surface area contributed by atoms with Crippen molar-refractivity contribution in [2.45, 2.75) is 25.2 Å². The lowest BCUT2D eigenvalue weighted by molar-refractivity contribution is -0.274. The molecule has 0 bridgehead atoms. The van der Waals surface area contributed by atoms with Crippen molar-refractivity contribution >= 4 is 11.9 Å². The quantitative estimate of drug-likeness (QED) is 0.877. The van der Waals surface area contributed by atoms with E-state index in [1.54, 1.807) is 0 Å². The molecule has 1 atom stereocenters. The summed E-state index contributed by atoms with van der Waals surface area (Å²) in [6.45, 7) is 0. The van der Waals surface area contributed by atoms with Crippen LogP contribution in [0.3, 0.4) is 0 Å². The SMILES string of the molecule is O=C(O)NC(C(=O)C1CC1)c1ccc(OC(F)(F)F)cc1. The summed E-state index contributed by atoms with van der Waals surface area (Å²) in [5, 5.41) is 10.9. The van der Waals surface area contributed by atoms with Crippen LogP contribution in [0.25, 0.3) is 0 Å². The highest BCUT2D eigenvalue weighted by molar-refractivity contribution is 5.91. The van der Waals surface area contributed by atoms with Gasteiger partial charge in [0.05, 0.1) is 0 Å². The van der Waals surface area contributed by atoms with Gasteiger partial charge >= 0.3 is 12.5 Å². The molecule has 0 aromatic heterocycles. The molecule has 0 heterocycles. The lowest BCUT2D eigenvalue weighted by Gasteiger charge is -2.16. The Hall–Kier alpha value is -2.25. The van der Waals surface area contributed by atoms with Crippen LogP contribution in [0.4, 0.5) is 18.0 Å². The number of carbonyl (C=O) groups is 2. The summed E-state index contributed by atoms with van der Waals surface area (Å²) in [4.78, 5) is 22.8. The predicted octanol–water partition coefficient (Wildman–Crippen LogP) is 2.87. The minimum atomic E-state index is -4.80. The number of alkyl halides is 3. The van der Waals surface area contributed by atoms with Crippen molar-refractivity contribution in [2.75, 3.05) is 0 Å². The van der Waals surface area contributed by atoms with Crippen molar-refractivity contribution in [1.29, 1.82) is 0 Å². The fraction of sp³-hybridized carbons (Fsp3) is 0.385. The first-order valence-corrected chi connectivity index (χ1v) is 6.15. The van der Waals surface area contributed by atoms with Gasteiger partial charge in [-0.3, -0.25) is 4.79 Å². The molecule has 21 heavy (non-hydrogen) atoms. The molecule has 5 nitrogen and oxygen atoms in total. The molecular formula is C13H12F3NO4. The molecule has 1 amide bonds. The molecule has 1 aliphatic carbocycles. The van der Waals surface area contributed by atoms with E-state index in [4.69, 9.17) is 5.11 Å². The predicted molar refractivity (Wildman–Crippen MR) is 64.8 cm³/mol. The number of nitrogens with one attached hydrogen (secondary N) is 1. The number of hydrogen-bond acceptors (Lipinski definition) is 3. The van der Waals surface area contributed by atoms with Gasteiger partial charge in [0, 0.05) is 5.92 Å². The summed E-state index contributed by atoms with van der Waals surface area (Å²) < 4.78 is 39.9. The van der Waals surface area contributed by atoms with Crippen LogP contribution in [0.5, 0.6) is 5.75 Å². The molecule has 8 heteroatoms. The lowest BCUT2D eigenvalue weighted by atomic mass is 10.00. The van der Waals surface area contributed by atoms with Crippen molar-refractivity contribution in [2.24, 2.45) is 5.92 Å². The van der Waals surface area contributed by atoms with E-state index in [0.717, 1.165) is 12.1 Å². The second-order valence-corrected chi connectivity index (χ2v) is 4.68. The van der Waals surface area contributed by atoms with Crippen molar-refractivity contribution in [3.8, 4) is 5.75 Å². The first kappa shape index (κ1) is 15.1. The number of benzene rings is 1. The first-order valence-electron chi connectivity index (χ1n) is 6.15. The Kier molecular flexibility index (Phi) is 4.06. The van der Waals surface area contributed by atoms with Crippen molar-refractivity contribution in [1.82, 2.24) is 5.32 Å². The third kappa shape index (κ3) is 4.37. The van der Waals surface area contributed by atoms with Crippen molar-refractivity contribution < 1.29 is 32.6 Å². The van der Waals surface area contributed by atoms with Crippen LogP contribution in [0.1, 0.15) is 24.4 Å². The van der Waals surface area contributed by atoms with E-state index < -0.39 is 24.2 Å². The van der Waals surface area contributed by atoms with Crippen LogP contribution >= 0.6 is 0 Å². The number of ether oxygens (including phenoxy) is 1. The molecule has 1 aliphatic rings. The molecule has 1 aromatic rings. The Morgan fingerprint density at radius 3 is 2.24 bits per heavy atom. The summed E-state index contributed by atoms with van der Waals surface area (Å²) >= 11 is 0. The third-order valence-corrected chi connectivity index (χ3v) is 2.98. The van der Waals surface area contributed by atoms with Gasteiger partial charge in [0.1, 0.15) is 11.8 Å². The third-order valence-electron chi connectivity index (χ3n) is 2.98. The van der Waals surface area contributed by atoms with Crippen molar-refractivity contribution in [3.63, 3.8) is 0 Å². The summed E-state index contributed by atoms with van der Waals surface area (Å²) in [7, 11) is 0. The van der Waals surface area contributed by atoms with Crippen molar-refractivity contribution in [3.05, 3.63) is 29.8 Å². The highest BCUT2D eigenvalue weighted by Gasteiger charge is 2.36. The number of amides is 1. The molecule has 0 saturated heterocycles. The Morgan fingerprint density at radius 2 is 1.81 bits per heavy atom. The number of carboxylic acid groups (broad SMARTS) is 1. The summed E-state index contributed by atoms with van der Waals surface area (Å²) in [6, 6.07) is 3.48. The maximum absolute atomic E-state index is 12.0. The number of ketones is 1. The molecule has 2 rings (SSSR count). The Bertz CT molecular complexity index is 537. The lowest BCUT2D eigenvalue weighted by Crippen LogP contribution is -2.33. The van der Waals surface area contributed by atoms with Crippen LogP contribution in [-0.2, 0) is 4.79 Å². The standard InChI is InChI=1S/C13H12F3NO4/c14-13(15,16)21-9-5-3-7(4-6-9)10(17-12(19)20)11(18)8-1-2-8/h3-6,8,10,17H,1-2H2,(H,19,20). The maximum atomic E-state index is 12.0. The number of rotatable bonds is 5. The minimum absolute atomic E-state index is 0.187. The molecule has 0 radical (unpaired) electrons. The van der Waals surface area contributed by atoms with E-state index >= 15 is 0 Å². The smallest absolute Gasteiger partial charge is 0.465 e. The van der Waals surface area contributed by atoms with Crippen LogP contribution in [0.2, 0.25) is 0 Å². The van der Waals surface area contributed by atoms with Gasteiger partial charge in [-0.1, -0.05) is 12.1 Å². The minimum Gasteiger partial charge on any atom is -0.465 e. The summed E-state index contributed by atoms with van der Waals surface area (Å²) in [5.41, 5.74) is 0.281. The molecule has 0 spiro atoms. The van der Waals surface area contributed by atoms with Gasteiger partial charge in [0.2, 0.25) is 0 Å². The molecule has 1 fully saturated rings. The van der Waals surface area contributed by atoms with E-state index in [9.17, 15) is 22.8 Å². The topological polar surface area (TPSA) is 75.6 Å². The number of hydrogen-bond donors (Lipinski definition) is 2. The monoisotopic (exact) mass is 303 g/mol. The first-order chi connectivity index (χ1) is 9.76. The fourth-order valence-electron chi connectivity index (χ4n) is 1.91. The molecule has 114 valence electrons. The average Bonchev–Trinajstić information content (AvgIpc) is 3.18. The molecule has 1 saturated carbocycles. The van der Waals surface area contributed by atoms with Gasteiger partial charge in [0.15, 0.2) is 5.78 Å². The number of Topliss-reactive ketones (excluding diaryl/α,β-unsaturated/α-hetero) is 1. The zero-order valence-electron chi connectivity index (χ0n) is 10.7. The number of carbonyl (C=O) groups excluding carboxylic acids is 1. The molecule has 1 unspecified atom stereocenters. The van der Waals surface area contributed by atoms with Gasteiger partial charge in [-0.25, -0.2) is 4.79 Å². The Morgan fingerprint density at radius 1 is 1.24 bits per heavy atom. The van der Waals surface area contributed by atoms with E-state index in [2.05, 4.69) is 10.1 Å². The van der Waals surface area contributed by atoms with Gasteiger partial charge in [0.25, 0.3) is 0 Å². The second-order valence-electron chi connectivity index (χ2n) is 4.68. The van der Waals surface area contributed by atoms with Crippen LogP contribution < -0.4 is 10.1 Å². The van der Waals surface area contributed by atoms with E-state index in [1.165, 1.54) is 12.1 Å². The van der Waals surface area contributed by atoms with E-state index in [0.29, 0.717) is 12.8 Å². The van der Waals surface area contributed by atoms with Crippen LogP contribution in [-0.4, -0.2) is 23.3 Å². The zero-order valence-corrected chi connectivity index (χ0v) is 10.7. The Balaban J connectivity index is 2.16. The average molecular weight is 303 g/mol. The zero-order chi connectivity index (χ0) is 15.6. The molecule has 0 aliphatic heterocycles. The van der Waals surface area contributed by atoms with Gasteiger partial charge < -0.3 is 15.2 Å². The summed E-state index contributed by atoms with van der Waals surface area (Å²) in [5.74, 6) is -0.894. The van der Waals surface area contributed by atoms with Crippen LogP contribution in [0.15, 0.2) is 24.3 Å². The fourth-order valence-corrected chi connectivity index (χ4v) is 1.91. The second kappa shape index (κ2) is 5.63. The molecular weight excluding hydrogens is 291 g/mol. The normalized spacial score (nSPS) is 16.1. The Labute approximate surface area is 117 Å². The van der Waals surface area contributed by atoms with E-state index in [1.807, 2.05) is 0 Å². The van der Waals surface area contributed by atoms with Gasteiger partial charge in [-0.15, -0.1) is 13.2 Å². The highest BCUT2D eigenvalue weighted by Crippen LogP contribution is 2.35. The number of halogens is 3.